The fraction of sp³-hybridized carbons (Fsp3) is 0.379. The number of nitrogens with one attached hydrogen (secondary N) is 1. The van der Waals surface area contributed by atoms with E-state index in [0.717, 1.165) is 31.7 Å². The number of nitrogens with zero attached hydrogens (tertiary/aromatic N) is 1. The molecular formula is C29H37N2O4+. The number of aliphatic hydroxyl groups excluding tert-OH is 1. The molecule has 0 aromatic heterocycles. The van der Waals surface area contributed by atoms with Gasteiger partial charge >= 0.3 is 0 Å². The third-order valence-corrected chi connectivity index (χ3v) is 6.67. The zero-order chi connectivity index (χ0) is 24.5. The number of piperazine rings is 1. The average Bonchev–Trinajstić information content (AvgIpc) is 2.91. The molecule has 0 amide bonds. The summed E-state index contributed by atoms with van der Waals surface area (Å²) in [6, 6.07) is 27.6. The van der Waals surface area contributed by atoms with E-state index in [0.29, 0.717) is 37.3 Å². The first kappa shape index (κ1) is 25.2. The summed E-state index contributed by atoms with van der Waals surface area (Å²) in [5.74, 6) is 1.37. The first-order chi connectivity index (χ1) is 17.2. The summed E-state index contributed by atoms with van der Waals surface area (Å²) in [5, 5.41) is 10.6. The van der Waals surface area contributed by atoms with Crippen molar-refractivity contribution in [3.8, 4) is 11.5 Å². The SMILES string of the molecule is COc1ccc(COCC(O)CN2CC[NH+](C(c3ccccc3)c3ccccc3)CC2)cc1OC. The largest absolute Gasteiger partial charge is 0.493 e. The van der Waals surface area contributed by atoms with Crippen LogP contribution in [0.5, 0.6) is 11.5 Å². The highest BCUT2D eigenvalue weighted by molar-refractivity contribution is 5.42. The lowest BCUT2D eigenvalue weighted by Crippen LogP contribution is -3.15. The molecule has 1 aliphatic heterocycles. The molecule has 1 saturated heterocycles. The van der Waals surface area contributed by atoms with Crippen molar-refractivity contribution in [1.82, 2.24) is 4.90 Å². The van der Waals surface area contributed by atoms with Gasteiger partial charge in [0.2, 0.25) is 0 Å². The van der Waals surface area contributed by atoms with Crippen LogP contribution in [-0.4, -0.2) is 69.7 Å². The van der Waals surface area contributed by atoms with Gasteiger partial charge in [-0.2, -0.15) is 0 Å². The first-order valence-corrected chi connectivity index (χ1v) is 12.3. The highest BCUT2D eigenvalue weighted by atomic mass is 16.5. The minimum atomic E-state index is -0.518. The van der Waals surface area contributed by atoms with Gasteiger partial charge in [0.05, 0.1) is 46.6 Å². The van der Waals surface area contributed by atoms with Gasteiger partial charge in [0.1, 0.15) is 6.04 Å². The maximum absolute atomic E-state index is 10.6. The van der Waals surface area contributed by atoms with Gasteiger partial charge in [-0.25, -0.2) is 0 Å². The second-order valence-corrected chi connectivity index (χ2v) is 9.07. The van der Waals surface area contributed by atoms with Crippen molar-refractivity contribution in [2.75, 3.05) is 53.6 Å². The molecule has 6 nitrogen and oxygen atoms in total. The number of ether oxygens (including phenoxy) is 3. The molecule has 3 aromatic rings. The zero-order valence-electron chi connectivity index (χ0n) is 20.7. The van der Waals surface area contributed by atoms with Crippen LogP contribution in [0.4, 0.5) is 0 Å². The number of hydrogen-bond acceptors (Lipinski definition) is 5. The summed E-state index contributed by atoms with van der Waals surface area (Å²) >= 11 is 0. The number of aliphatic hydroxyl groups is 1. The Morgan fingerprint density at radius 1 is 0.829 bits per heavy atom. The molecule has 1 heterocycles. The number of hydrogen-bond donors (Lipinski definition) is 2. The topological polar surface area (TPSA) is 55.6 Å². The van der Waals surface area contributed by atoms with Gasteiger partial charge in [-0.3, -0.25) is 4.90 Å². The molecule has 1 atom stereocenters. The Hall–Kier alpha value is -2.90. The molecule has 1 unspecified atom stereocenters. The first-order valence-electron chi connectivity index (χ1n) is 12.3. The molecule has 0 saturated carbocycles. The van der Waals surface area contributed by atoms with Gasteiger partial charge in [-0.15, -0.1) is 0 Å². The van der Waals surface area contributed by atoms with E-state index in [2.05, 4.69) is 65.6 Å². The van der Waals surface area contributed by atoms with E-state index in [1.54, 1.807) is 19.1 Å². The third-order valence-electron chi connectivity index (χ3n) is 6.67. The van der Waals surface area contributed by atoms with Gasteiger partial charge in [0, 0.05) is 30.8 Å². The lowest BCUT2D eigenvalue weighted by Gasteiger charge is -2.37. The van der Waals surface area contributed by atoms with Crippen molar-refractivity contribution in [1.29, 1.82) is 0 Å². The fourth-order valence-electron chi connectivity index (χ4n) is 4.90. The Balaban J connectivity index is 1.26. The van der Waals surface area contributed by atoms with Crippen LogP contribution in [0.25, 0.3) is 0 Å². The Bertz CT molecular complexity index is 984. The Kier molecular flexibility index (Phi) is 9.15. The number of quaternary nitrogens is 1. The smallest absolute Gasteiger partial charge is 0.161 e. The van der Waals surface area contributed by atoms with Gasteiger partial charge in [0.25, 0.3) is 0 Å². The number of β-amino-alcohol motifs (C(OH)–C–C–N with tert-alkyl or cyclic N) is 1. The summed E-state index contributed by atoms with van der Waals surface area (Å²) < 4.78 is 16.4. The summed E-state index contributed by atoms with van der Waals surface area (Å²) in [5.41, 5.74) is 3.69. The molecule has 0 aliphatic carbocycles. The maximum atomic E-state index is 10.6. The second-order valence-electron chi connectivity index (χ2n) is 9.07. The molecule has 1 aliphatic rings. The lowest BCUT2D eigenvalue weighted by molar-refractivity contribution is -0.929. The van der Waals surface area contributed by atoms with Gasteiger partial charge in [-0.05, 0) is 17.7 Å². The van der Waals surface area contributed by atoms with Crippen LogP contribution in [0, 0.1) is 0 Å². The van der Waals surface area contributed by atoms with Crippen molar-refractivity contribution < 1.29 is 24.2 Å². The van der Waals surface area contributed by atoms with Crippen molar-refractivity contribution >= 4 is 0 Å². The summed E-state index contributed by atoms with van der Waals surface area (Å²) in [7, 11) is 3.24. The van der Waals surface area contributed by atoms with Gasteiger partial charge in [-0.1, -0.05) is 66.7 Å². The number of methoxy groups -OCH3 is 2. The molecular weight excluding hydrogens is 440 g/mol. The molecule has 0 spiro atoms. The molecule has 1 fully saturated rings. The van der Waals surface area contributed by atoms with E-state index in [1.807, 2.05) is 18.2 Å². The molecule has 3 aromatic carbocycles. The summed E-state index contributed by atoms with van der Waals surface area (Å²) in [6.07, 6.45) is -0.518. The standard InChI is InChI=1S/C29H36N2O4/c1-33-27-14-13-23(19-28(27)34-2)21-35-22-26(32)20-30-15-17-31(18-16-30)29(24-9-5-3-6-10-24)25-11-7-4-8-12-25/h3-14,19,26,29,32H,15-18,20-22H2,1-2H3/p+1. The lowest BCUT2D eigenvalue weighted by atomic mass is 9.96. The van der Waals surface area contributed by atoms with Crippen LogP contribution in [0.1, 0.15) is 22.7 Å². The van der Waals surface area contributed by atoms with E-state index in [-0.39, 0.29) is 0 Å². The van der Waals surface area contributed by atoms with E-state index in [9.17, 15) is 5.11 Å². The predicted octanol–water partition coefficient (Wildman–Crippen LogP) is 2.57. The quantitative estimate of drug-likeness (QED) is 0.445. The second kappa shape index (κ2) is 12.7. The monoisotopic (exact) mass is 477 g/mol. The minimum absolute atomic E-state index is 0.304. The van der Waals surface area contributed by atoms with E-state index < -0.39 is 6.10 Å². The summed E-state index contributed by atoms with van der Waals surface area (Å²) in [6.45, 7) is 5.33. The van der Waals surface area contributed by atoms with Crippen molar-refractivity contribution in [2.24, 2.45) is 0 Å². The van der Waals surface area contributed by atoms with Crippen LogP contribution in [0.3, 0.4) is 0 Å². The van der Waals surface area contributed by atoms with Crippen LogP contribution in [0.15, 0.2) is 78.9 Å². The van der Waals surface area contributed by atoms with E-state index in [4.69, 9.17) is 14.2 Å². The van der Waals surface area contributed by atoms with Gasteiger partial charge in [0.15, 0.2) is 11.5 Å². The van der Waals surface area contributed by atoms with Crippen molar-refractivity contribution in [2.45, 2.75) is 18.8 Å². The number of rotatable bonds is 11. The number of benzene rings is 3. The zero-order valence-corrected chi connectivity index (χ0v) is 20.7. The molecule has 0 radical (unpaired) electrons. The van der Waals surface area contributed by atoms with Crippen molar-refractivity contribution in [3.63, 3.8) is 0 Å². The maximum Gasteiger partial charge on any atom is 0.161 e. The molecule has 0 bridgehead atoms. The van der Waals surface area contributed by atoms with Crippen LogP contribution in [-0.2, 0) is 11.3 Å². The van der Waals surface area contributed by atoms with Crippen LogP contribution >= 0.6 is 0 Å². The highest BCUT2D eigenvalue weighted by Gasteiger charge is 2.30. The Labute approximate surface area is 208 Å². The highest BCUT2D eigenvalue weighted by Crippen LogP contribution is 2.27. The van der Waals surface area contributed by atoms with Crippen LogP contribution < -0.4 is 14.4 Å². The van der Waals surface area contributed by atoms with Crippen molar-refractivity contribution in [3.05, 3.63) is 95.6 Å². The molecule has 6 heteroatoms. The van der Waals surface area contributed by atoms with Crippen LogP contribution in [0.2, 0.25) is 0 Å². The molecule has 35 heavy (non-hydrogen) atoms. The minimum Gasteiger partial charge on any atom is -0.493 e. The van der Waals surface area contributed by atoms with E-state index >= 15 is 0 Å². The molecule has 4 rings (SSSR count). The van der Waals surface area contributed by atoms with Gasteiger partial charge < -0.3 is 24.2 Å². The average molecular weight is 478 g/mol. The predicted molar refractivity (Wildman–Crippen MR) is 137 cm³/mol. The summed E-state index contributed by atoms with van der Waals surface area (Å²) in [4.78, 5) is 3.92. The fourth-order valence-corrected chi connectivity index (χ4v) is 4.90. The Morgan fingerprint density at radius 2 is 1.43 bits per heavy atom. The third kappa shape index (κ3) is 6.83. The molecule has 186 valence electrons. The van der Waals surface area contributed by atoms with E-state index in [1.165, 1.54) is 11.1 Å². The normalized spacial score (nSPS) is 15.8. The molecule has 2 N–H and O–H groups in total. The Morgan fingerprint density at radius 3 is 2.00 bits per heavy atom.